The van der Waals surface area contributed by atoms with Crippen molar-refractivity contribution < 1.29 is 9.90 Å². The van der Waals surface area contributed by atoms with E-state index in [9.17, 15) is 9.90 Å². The number of aliphatic carboxylic acids is 1. The van der Waals surface area contributed by atoms with Crippen LogP contribution in [0.5, 0.6) is 0 Å². The molecule has 1 aliphatic heterocycles. The maximum absolute atomic E-state index is 11.2. The summed E-state index contributed by atoms with van der Waals surface area (Å²) in [5.74, 6) is 0.267. The summed E-state index contributed by atoms with van der Waals surface area (Å²) in [6.07, 6.45) is 1.92. The third kappa shape index (κ3) is 4.85. The maximum Gasteiger partial charge on any atom is 0.307 e. The lowest BCUT2D eigenvalue weighted by atomic mass is 9.90. The van der Waals surface area contributed by atoms with Crippen molar-refractivity contribution in [1.82, 2.24) is 4.90 Å². The van der Waals surface area contributed by atoms with Crippen molar-refractivity contribution in [3.8, 4) is 0 Å². The van der Waals surface area contributed by atoms with E-state index in [1.54, 1.807) is 0 Å². The van der Waals surface area contributed by atoms with Gasteiger partial charge in [-0.1, -0.05) is 45.0 Å². The van der Waals surface area contributed by atoms with E-state index < -0.39 is 5.97 Å². The van der Waals surface area contributed by atoms with Crippen LogP contribution in [-0.2, 0) is 17.8 Å². The molecule has 1 saturated heterocycles. The van der Waals surface area contributed by atoms with Crippen molar-refractivity contribution in [3.63, 3.8) is 0 Å². The van der Waals surface area contributed by atoms with E-state index in [0.717, 1.165) is 25.9 Å². The van der Waals surface area contributed by atoms with Gasteiger partial charge < -0.3 is 5.11 Å². The van der Waals surface area contributed by atoms with Crippen LogP contribution < -0.4 is 0 Å². The quantitative estimate of drug-likeness (QED) is 0.903. The minimum atomic E-state index is -0.654. The van der Waals surface area contributed by atoms with Gasteiger partial charge in [0.1, 0.15) is 0 Å². The maximum atomic E-state index is 11.2. The zero-order valence-corrected chi connectivity index (χ0v) is 13.4. The molecule has 1 aromatic rings. The molecular weight excluding hydrogens is 262 g/mol. The van der Waals surface area contributed by atoms with Crippen molar-refractivity contribution >= 4 is 5.97 Å². The van der Waals surface area contributed by atoms with Crippen LogP contribution in [0.1, 0.15) is 38.3 Å². The molecule has 0 bridgehead atoms. The van der Waals surface area contributed by atoms with Gasteiger partial charge in [-0.15, -0.1) is 0 Å². The Morgan fingerprint density at radius 1 is 1.24 bits per heavy atom. The summed E-state index contributed by atoms with van der Waals surface area (Å²) >= 11 is 0. The Hall–Kier alpha value is -1.35. The highest BCUT2D eigenvalue weighted by atomic mass is 16.4. The highest BCUT2D eigenvalue weighted by Gasteiger charge is 2.29. The van der Waals surface area contributed by atoms with E-state index >= 15 is 0 Å². The molecule has 0 aliphatic carbocycles. The number of benzene rings is 1. The zero-order chi connectivity index (χ0) is 15.4. The molecular formula is C18H27NO2. The van der Waals surface area contributed by atoms with Gasteiger partial charge in [-0.25, -0.2) is 0 Å². The van der Waals surface area contributed by atoms with Gasteiger partial charge >= 0.3 is 5.97 Å². The minimum absolute atomic E-state index is 0.214. The molecule has 0 amide bonds. The van der Waals surface area contributed by atoms with Crippen molar-refractivity contribution in [2.24, 2.45) is 17.8 Å². The summed E-state index contributed by atoms with van der Waals surface area (Å²) in [6, 6.07) is 8.79. The lowest BCUT2D eigenvalue weighted by Gasteiger charge is -2.34. The number of carbonyl (C=O) groups is 1. The molecule has 21 heavy (non-hydrogen) atoms. The first kappa shape index (κ1) is 16.0. The van der Waals surface area contributed by atoms with Crippen LogP contribution in [0.15, 0.2) is 24.3 Å². The number of likely N-dealkylation sites (tertiary alicyclic amines) is 1. The minimum Gasteiger partial charge on any atom is -0.481 e. The Bertz CT molecular complexity index is 467. The van der Waals surface area contributed by atoms with Crippen LogP contribution in [0.2, 0.25) is 0 Å². The van der Waals surface area contributed by atoms with E-state index in [1.807, 2.05) is 0 Å². The Morgan fingerprint density at radius 2 is 1.86 bits per heavy atom. The second kappa shape index (κ2) is 7.08. The van der Waals surface area contributed by atoms with Gasteiger partial charge in [0.25, 0.3) is 0 Å². The van der Waals surface area contributed by atoms with Crippen molar-refractivity contribution in [1.29, 1.82) is 0 Å². The Balaban J connectivity index is 1.95. The highest BCUT2D eigenvalue weighted by Crippen LogP contribution is 2.23. The summed E-state index contributed by atoms with van der Waals surface area (Å²) in [5.41, 5.74) is 2.66. The number of hydrogen-bond acceptors (Lipinski definition) is 2. The largest absolute Gasteiger partial charge is 0.481 e. The molecule has 0 aromatic heterocycles. The Morgan fingerprint density at radius 3 is 2.43 bits per heavy atom. The molecule has 0 saturated carbocycles. The molecule has 1 aliphatic rings. The standard InChI is InChI=1S/C18H27NO2/c1-13(2)8-15-4-6-16(7-5-15)11-19-10-14(3)9-17(12-19)18(20)21/h4-7,13-14,17H,8-12H2,1-3H3,(H,20,21). The van der Waals surface area contributed by atoms with E-state index in [1.165, 1.54) is 11.1 Å². The van der Waals surface area contributed by atoms with Crippen LogP contribution in [0.4, 0.5) is 0 Å². The van der Waals surface area contributed by atoms with Crippen LogP contribution in [0, 0.1) is 17.8 Å². The van der Waals surface area contributed by atoms with Gasteiger partial charge in [0.05, 0.1) is 5.92 Å². The van der Waals surface area contributed by atoms with E-state index in [0.29, 0.717) is 18.4 Å². The van der Waals surface area contributed by atoms with Crippen molar-refractivity contribution in [2.45, 2.75) is 40.2 Å². The third-order valence-electron chi connectivity index (χ3n) is 4.16. The molecule has 3 heteroatoms. The number of rotatable bonds is 5. The number of carboxylic acid groups (broad SMARTS) is 1. The first-order valence-corrected chi connectivity index (χ1v) is 7.97. The van der Waals surface area contributed by atoms with Crippen molar-refractivity contribution in [3.05, 3.63) is 35.4 Å². The molecule has 2 atom stereocenters. The van der Waals surface area contributed by atoms with Gasteiger partial charge in [0.2, 0.25) is 0 Å². The number of piperidine rings is 1. The van der Waals surface area contributed by atoms with Gasteiger partial charge in [-0.3, -0.25) is 9.69 Å². The van der Waals surface area contributed by atoms with Crippen LogP contribution in [-0.4, -0.2) is 29.1 Å². The SMILES string of the molecule is CC(C)Cc1ccc(CN2CC(C)CC(C(=O)O)C2)cc1. The average molecular weight is 289 g/mol. The monoisotopic (exact) mass is 289 g/mol. The molecule has 1 fully saturated rings. The molecule has 116 valence electrons. The van der Waals surface area contributed by atoms with Crippen LogP contribution in [0.25, 0.3) is 0 Å². The second-order valence-corrected chi connectivity index (χ2v) is 6.98. The summed E-state index contributed by atoms with van der Waals surface area (Å²) in [7, 11) is 0. The van der Waals surface area contributed by atoms with E-state index in [2.05, 4.69) is 49.9 Å². The predicted octanol–water partition coefficient (Wildman–Crippen LogP) is 3.43. The number of carboxylic acids is 1. The van der Waals surface area contributed by atoms with E-state index in [-0.39, 0.29) is 5.92 Å². The summed E-state index contributed by atoms with van der Waals surface area (Å²) in [6.45, 7) is 9.14. The predicted molar refractivity (Wildman–Crippen MR) is 85.2 cm³/mol. The van der Waals surface area contributed by atoms with Gasteiger partial charge in [-0.2, -0.15) is 0 Å². The molecule has 1 heterocycles. The topological polar surface area (TPSA) is 40.5 Å². The van der Waals surface area contributed by atoms with Crippen LogP contribution in [0.3, 0.4) is 0 Å². The van der Waals surface area contributed by atoms with E-state index in [4.69, 9.17) is 0 Å². The Labute approximate surface area is 128 Å². The normalized spacial score (nSPS) is 23.4. The summed E-state index contributed by atoms with van der Waals surface area (Å²) in [4.78, 5) is 13.5. The summed E-state index contributed by atoms with van der Waals surface area (Å²) in [5, 5.41) is 9.23. The number of hydrogen-bond donors (Lipinski definition) is 1. The molecule has 1 aromatic carbocycles. The van der Waals surface area contributed by atoms with Gasteiger partial charge in [0, 0.05) is 19.6 Å². The molecule has 2 rings (SSSR count). The first-order chi connectivity index (χ1) is 9.94. The molecule has 0 spiro atoms. The fourth-order valence-electron chi connectivity index (χ4n) is 3.28. The smallest absolute Gasteiger partial charge is 0.307 e. The fraction of sp³-hybridized carbons (Fsp3) is 0.611. The van der Waals surface area contributed by atoms with Crippen LogP contribution >= 0.6 is 0 Å². The second-order valence-electron chi connectivity index (χ2n) is 6.98. The van der Waals surface area contributed by atoms with Gasteiger partial charge in [0.15, 0.2) is 0 Å². The summed E-state index contributed by atoms with van der Waals surface area (Å²) < 4.78 is 0. The Kier molecular flexibility index (Phi) is 5.40. The fourth-order valence-corrected chi connectivity index (χ4v) is 3.28. The molecule has 1 N–H and O–H groups in total. The molecule has 2 unspecified atom stereocenters. The average Bonchev–Trinajstić information content (AvgIpc) is 2.39. The lowest BCUT2D eigenvalue weighted by molar-refractivity contribution is -0.144. The van der Waals surface area contributed by atoms with Crippen molar-refractivity contribution in [2.75, 3.05) is 13.1 Å². The molecule has 3 nitrogen and oxygen atoms in total. The third-order valence-corrected chi connectivity index (χ3v) is 4.16. The number of nitrogens with zero attached hydrogens (tertiary/aromatic N) is 1. The lowest BCUT2D eigenvalue weighted by Crippen LogP contribution is -2.41. The molecule has 0 radical (unpaired) electrons. The first-order valence-electron chi connectivity index (χ1n) is 7.97. The highest BCUT2D eigenvalue weighted by molar-refractivity contribution is 5.70. The van der Waals surface area contributed by atoms with Gasteiger partial charge in [-0.05, 0) is 35.8 Å². The zero-order valence-electron chi connectivity index (χ0n) is 13.4.